The maximum atomic E-state index is 13.4. The van der Waals surface area contributed by atoms with E-state index in [1.165, 1.54) is 6.42 Å². The zero-order valence-corrected chi connectivity index (χ0v) is 17.3. The molecular weight excluding hydrogens is 360 g/mol. The summed E-state index contributed by atoms with van der Waals surface area (Å²) in [4.78, 5) is 28.0. The third kappa shape index (κ3) is 6.18. The molecule has 0 radical (unpaired) electrons. The molecule has 29 heavy (non-hydrogen) atoms. The van der Waals surface area contributed by atoms with Crippen LogP contribution in [-0.4, -0.2) is 28.8 Å². The number of hydrogen-bond acceptors (Lipinski definition) is 2. The highest BCUT2D eigenvalue weighted by Crippen LogP contribution is 2.20. The van der Waals surface area contributed by atoms with Crippen LogP contribution in [0.3, 0.4) is 0 Å². The molecule has 2 amide bonds. The topological polar surface area (TPSA) is 49.4 Å². The van der Waals surface area contributed by atoms with E-state index < -0.39 is 6.04 Å². The molecule has 3 rings (SSSR count). The molecule has 2 aromatic rings. The van der Waals surface area contributed by atoms with E-state index in [9.17, 15) is 9.59 Å². The Hall–Kier alpha value is -2.62. The van der Waals surface area contributed by atoms with Crippen LogP contribution in [0.25, 0.3) is 0 Å². The van der Waals surface area contributed by atoms with Gasteiger partial charge in [0.05, 0.1) is 0 Å². The van der Waals surface area contributed by atoms with Crippen molar-refractivity contribution in [3.63, 3.8) is 0 Å². The van der Waals surface area contributed by atoms with Gasteiger partial charge in [-0.05, 0) is 24.0 Å². The molecule has 1 unspecified atom stereocenters. The second-order valence-electron chi connectivity index (χ2n) is 7.91. The number of hydrogen-bond donors (Lipinski definition) is 1. The summed E-state index contributed by atoms with van der Waals surface area (Å²) in [6.07, 6.45) is 6.54. The lowest BCUT2D eigenvalue weighted by atomic mass is 9.94. The normalized spacial score (nSPS) is 15.5. The first-order valence-electron chi connectivity index (χ1n) is 10.8. The highest BCUT2D eigenvalue weighted by molar-refractivity contribution is 5.88. The van der Waals surface area contributed by atoms with Crippen molar-refractivity contribution in [1.82, 2.24) is 10.2 Å². The van der Waals surface area contributed by atoms with Gasteiger partial charge in [-0.15, -0.1) is 0 Å². The van der Waals surface area contributed by atoms with E-state index in [0.29, 0.717) is 19.4 Å². The Balaban J connectivity index is 1.84. The Kier molecular flexibility index (Phi) is 7.85. The molecule has 0 heterocycles. The van der Waals surface area contributed by atoms with E-state index in [2.05, 4.69) is 5.32 Å². The molecule has 1 saturated carbocycles. The fourth-order valence-electron chi connectivity index (χ4n) is 4.08. The van der Waals surface area contributed by atoms with Crippen molar-refractivity contribution >= 4 is 11.8 Å². The van der Waals surface area contributed by atoms with Gasteiger partial charge in [0.1, 0.15) is 6.04 Å². The first kappa shape index (κ1) is 21.1. The molecule has 1 atom stereocenters. The molecule has 154 valence electrons. The quantitative estimate of drug-likeness (QED) is 0.720. The number of benzene rings is 2. The molecule has 1 aliphatic carbocycles. The van der Waals surface area contributed by atoms with E-state index in [4.69, 9.17) is 0 Å². The van der Waals surface area contributed by atoms with Crippen LogP contribution in [0, 0.1) is 0 Å². The molecule has 1 N–H and O–H groups in total. The number of rotatable bonds is 8. The van der Waals surface area contributed by atoms with Crippen LogP contribution < -0.4 is 5.32 Å². The van der Waals surface area contributed by atoms with Crippen molar-refractivity contribution in [2.75, 3.05) is 0 Å². The van der Waals surface area contributed by atoms with Gasteiger partial charge < -0.3 is 10.2 Å². The summed E-state index contributed by atoms with van der Waals surface area (Å²) in [6.45, 7) is 2.31. The fraction of sp³-hybridized carbons (Fsp3) is 0.440. The Bertz CT molecular complexity index is 770. The molecule has 1 aliphatic rings. The van der Waals surface area contributed by atoms with Gasteiger partial charge >= 0.3 is 0 Å². The molecule has 4 nitrogen and oxygen atoms in total. The van der Waals surface area contributed by atoms with Crippen molar-refractivity contribution < 1.29 is 9.59 Å². The van der Waals surface area contributed by atoms with Crippen LogP contribution in [0.2, 0.25) is 0 Å². The fourth-order valence-corrected chi connectivity index (χ4v) is 4.08. The zero-order chi connectivity index (χ0) is 20.5. The van der Waals surface area contributed by atoms with Crippen LogP contribution >= 0.6 is 0 Å². The van der Waals surface area contributed by atoms with Gasteiger partial charge in [0.15, 0.2) is 0 Å². The SMILES string of the molecule is CCC(=O)N(Cc1ccccc1)C(Cc1ccccc1)C(=O)NC1CCCCC1. The van der Waals surface area contributed by atoms with E-state index in [1.807, 2.05) is 67.6 Å². The third-order valence-electron chi connectivity index (χ3n) is 5.72. The summed E-state index contributed by atoms with van der Waals surface area (Å²) < 4.78 is 0. The monoisotopic (exact) mass is 392 g/mol. The van der Waals surface area contributed by atoms with Gasteiger partial charge in [-0.25, -0.2) is 0 Å². The predicted octanol–water partition coefficient (Wildman–Crippen LogP) is 4.49. The van der Waals surface area contributed by atoms with E-state index >= 15 is 0 Å². The number of nitrogens with zero attached hydrogens (tertiary/aromatic N) is 1. The maximum Gasteiger partial charge on any atom is 0.243 e. The Labute approximate surface area is 174 Å². The summed E-state index contributed by atoms with van der Waals surface area (Å²) in [5.41, 5.74) is 2.11. The molecule has 0 spiro atoms. The lowest BCUT2D eigenvalue weighted by Crippen LogP contribution is -2.52. The molecular formula is C25H32N2O2. The first-order valence-corrected chi connectivity index (χ1v) is 10.8. The molecule has 0 aliphatic heterocycles. The minimum Gasteiger partial charge on any atom is -0.352 e. The number of carbonyl (C=O) groups excluding carboxylic acids is 2. The summed E-state index contributed by atoms with van der Waals surface area (Å²) in [5, 5.41) is 3.25. The van der Waals surface area contributed by atoms with Crippen molar-refractivity contribution in [2.24, 2.45) is 0 Å². The number of amides is 2. The Morgan fingerprint density at radius 2 is 1.52 bits per heavy atom. The first-order chi connectivity index (χ1) is 14.2. The predicted molar refractivity (Wildman–Crippen MR) is 116 cm³/mol. The van der Waals surface area contributed by atoms with E-state index in [0.717, 1.165) is 36.8 Å². The lowest BCUT2D eigenvalue weighted by Gasteiger charge is -2.33. The average molecular weight is 393 g/mol. The van der Waals surface area contributed by atoms with Crippen molar-refractivity contribution in [3.8, 4) is 0 Å². The molecule has 0 bridgehead atoms. The molecule has 2 aromatic carbocycles. The summed E-state index contributed by atoms with van der Waals surface area (Å²) >= 11 is 0. The van der Waals surface area contributed by atoms with Crippen molar-refractivity contribution in [1.29, 1.82) is 0 Å². The minimum atomic E-state index is -0.507. The van der Waals surface area contributed by atoms with Crippen LogP contribution in [0.1, 0.15) is 56.6 Å². The van der Waals surface area contributed by atoms with Crippen LogP contribution in [0.4, 0.5) is 0 Å². The zero-order valence-electron chi connectivity index (χ0n) is 17.3. The Morgan fingerprint density at radius 1 is 0.931 bits per heavy atom. The third-order valence-corrected chi connectivity index (χ3v) is 5.72. The number of carbonyl (C=O) groups is 2. The van der Waals surface area contributed by atoms with Crippen LogP contribution in [0.15, 0.2) is 60.7 Å². The largest absolute Gasteiger partial charge is 0.352 e. The minimum absolute atomic E-state index is 0.00794. The highest BCUT2D eigenvalue weighted by Gasteiger charge is 2.31. The average Bonchev–Trinajstić information content (AvgIpc) is 2.77. The standard InChI is InChI=1S/C25H32N2O2/c1-2-24(28)27(19-21-14-8-4-9-15-21)23(18-20-12-6-3-7-13-20)25(29)26-22-16-10-5-11-17-22/h3-4,6-9,12-15,22-23H,2,5,10-11,16-19H2,1H3,(H,26,29). The smallest absolute Gasteiger partial charge is 0.243 e. The molecule has 4 heteroatoms. The second-order valence-corrected chi connectivity index (χ2v) is 7.91. The maximum absolute atomic E-state index is 13.4. The van der Waals surface area contributed by atoms with E-state index in [-0.39, 0.29) is 17.9 Å². The lowest BCUT2D eigenvalue weighted by molar-refractivity contribution is -0.141. The second kappa shape index (κ2) is 10.8. The van der Waals surface area contributed by atoms with Gasteiger partial charge in [0, 0.05) is 25.4 Å². The Morgan fingerprint density at radius 3 is 2.10 bits per heavy atom. The van der Waals surface area contributed by atoms with Crippen LogP contribution in [-0.2, 0) is 22.6 Å². The number of nitrogens with one attached hydrogen (secondary N) is 1. The van der Waals surface area contributed by atoms with E-state index in [1.54, 1.807) is 4.90 Å². The summed E-state index contributed by atoms with van der Waals surface area (Å²) in [5.74, 6) is -0.0212. The van der Waals surface area contributed by atoms with Gasteiger partial charge in [0.25, 0.3) is 0 Å². The summed E-state index contributed by atoms with van der Waals surface area (Å²) in [6, 6.07) is 19.6. The molecule has 1 fully saturated rings. The summed E-state index contributed by atoms with van der Waals surface area (Å²) in [7, 11) is 0. The van der Waals surface area contributed by atoms with Crippen LogP contribution in [0.5, 0.6) is 0 Å². The van der Waals surface area contributed by atoms with Crippen molar-refractivity contribution in [2.45, 2.75) is 70.5 Å². The van der Waals surface area contributed by atoms with Gasteiger partial charge in [-0.2, -0.15) is 0 Å². The highest BCUT2D eigenvalue weighted by atomic mass is 16.2. The van der Waals surface area contributed by atoms with Gasteiger partial charge in [-0.1, -0.05) is 86.8 Å². The molecule has 0 aromatic heterocycles. The van der Waals surface area contributed by atoms with Gasteiger partial charge in [0.2, 0.25) is 11.8 Å². The van der Waals surface area contributed by atoms with Gasteiger partial charge in [-0.3, -0.25) is 9.59 Å². The molecule has 0 saturated heterocycles. The van der Waals surface area contributed by atoms with Crippen molar-refractivity contribution in [3.05, 3.63) is 71.8 Å².